The Labute approximate surface area is 157 Å². The lowest BCUT2D eigenvalue weighted by molar-refractivity contribution is -0.129. The van der Waals surface area contributed by atoms with Crippen molar-refractivity contribution in [2.75, 3.05) is 0 Å². The molecule has 0 amide bonds. The number of hydrogen-bond acceptors (Lipinski definition) is 4. The molecule has 1 aliphatic heterocycles. The molecule has 3 aromatic carbocycles. The SMILES string of the molecule is Cc1cccc(C2=N/C(=C/c3cccc(Oc4ccccc4)c3)C(=O)O2)c1. The van der Waals surface area contributed by atoms with Gasteiger partial charge in [-0.2, -0.15) is 0 Å². The molecule has 0 saturated heterocycles. The number of para-hydroxylation sites is 1. The van der Waals surface area contributed by atoms with Crippen molar-refractivity contribution in [1.29, 1.82) is 0 Å². The van der Waals surface area contributed by atoms with E-state index in [0.29, 0.717) is 11.6 Å². The van der Waals surface area contributed by atoms with Crippen molar-refractivity contribution in [3.63, 3.8) is 0 Å². The minimum atomic E-state index is -0.458. The number of aryl methyl sites for hydroxylation is 1. The molecule has 132 valence electrons. The second-order valence-corrected chi connectivity index (χ2v) is 6.19. The highest BCUT2D eigenvalue weighted by atomic mass is 16.6. The normalized spacial score (nSPS) is 14.8. The summed E-state index contributed by atoms with van der Waals surface area (Å²) in [5.41, 5.74) is 2.94. The van der Waals surface area contributed by atoms with Gasteiger partial charge in [-0.1, -0.05) is 48.0 Å². The molecule has 0 unspecified atom stereocenters. The first-order chi connectivity index (χ1) is 13.2. The van der Waals surface area contributed by atoms with Crippen LogP contribution < -0.4 is 4.74 Å². The lowest BCUT2D eigenvalue weighted by atomic mass is 10.1. The number of ether oxygens (including phenoxy) is 2. The molecule has 0 atom stereocenters. The molecular weight excluding hydrogens is 338 g/mol. The average molecular weight is 355 g/mol. The Hall–Kier alpha value is -3.66. The molecule has 4 rings (SSSR count). The van der Waals surface area contributed by atoms with Gasteiger partial charge in [-0.3, -0.25) is 0 Å². The molecule has 0 saturated carbocycles. The van der Waals surface area contributed by atoms with Crippen molar-refractivity contribution in [3.05, 3.63) is 101 Å². The van der Waals surface area contributed by atoms with Crippen molar-refractivity contribution in [3.8, 4) is 11.5 Å². The molecule has 1 heterocycles. The van der Waals surface area contributed by atoms with Crippen LogP contribution in [0.4, 0.5) is 0 Å². The summed E-state index contributed by atoms with van der Waals surface area (Å²) in [5, 5.41) is 0. The third-order valence-corrected chi connectivity index (χ3v) is 4.03. The topological polar surface area (TPSA) is 47.9 Å². The molecule has 0 radical (unpaired) electrons. The summed E-state index contributed by atoms with van der Waals surface area (Å²) in [7, 11) is 0. The van der Waals surface area contributed by atoms with Crippen LogP contribution in [0.3, 0.4) is 0 Å². The second-order valence-electron chi connectivity index (χ2n) is 6.19. The van der Waals surface area contributed by atoms with Crippen LogP contribution in [0.15, 0.2) is 89.6 Å². The number of esters is 1. The Bertz CT molecular complexity index is 1050. The number of hydrogen-bond donors (Lipinski definition) is 0. The van der Waals surface area contributed by atoms with Gasteiger partial charge >= 0.3 is 5.97 Å². The molecule has 0 aromatic heterocycles. The molecule has 27 heavy (non-hydrogen) atoms. The van der Waals surface area contributed by atoms with E-state index in [-0.39, 0.29) is 5.70 Å². The molecule has 4 nitrogen and oxygen atoms in total. The summed E-state index contributed by atoms with van der Waals surface area (Å²) >= 11 is 0. The van der Waals surface area contributed by atoms with E-state index in [1.54, 1.807) is 6.08 Å². The van der Waals surface area contributed by atoms with E-state index >= 15 is 0 Å². The highest BCUT2D eigenvalue weighted by Gasteiger charge is 2.24. The monoisotopic (exact) mass is 355 g/mol. The fraction of sp³-hybridized carbons (Fsp3) is 0.0435. The highest BCUT2D eigenvalue weighted by Crippen LogP contribution is 2.24. The Kier molecular flexibility index (Phi) is 4.54. The molecule has 0 fully saturated rings. The molecule has 0 aliphatic carbocycles. The molecule has 4 heteroatoms. The number of cyclic esters (lactones) is 1. The van der Waals surface area contributed by atoms with Crippen LogP contribution in [0.1, 0.15) is 16.7 Å². The third kappa shape index (κ3) is 3.96. The van der Waals surface area contributed by atoms with Gasteiger partial charge in [0.2, 0.25) is 5.90 Å². The number of benzene rings is 3. The van der Waals surface area contributed by atoms with Crippen LogP contribution in [0, 0.1) is 6.92 Å². The molecule has 0 bridgehead atoms. The summed E-state index contributed by atoms with van der Waals surface area (Å²) < 4.78 is 11.2. The fourth-order valence-electron chi connectivity index (χ4n) is 2.76. The first-order valence-electron chi connectivity index (χ1n) is 8.60. The Morgan fingerprint density at radius 3 is 2.48 bits per heavy atom. The van der Waals surface area contributed by atoms with E-state index in [1.807, 2.05) is 85.8 Å². The van der Waals surface area contributed by atoms with Crippen LogP contribution >= 0.6 is 0 Å². The zero-order chi connectivity index (χ0) is 18.6. The predicted molar refractivity (Wildman–Crippen MR) is 105 cm³/mol. The van der Waals surface area contributed by atoms with Gasteiger partial charge in [-0.15, -0.1) is 0 Å². The van der Waals surface area contributed by atoms with Crippen LogP contribution in [0.5, 0.6) is 11.5 Å². The van der Waals surface area contributed by atoms with E-state index in [4.69, 9.17) is 9.47 Å². The first-order valence-corrected chi connectivity index (χ1v) is 8.60. The molecule has 1 aliphatic rings. The summed E-state index contributed by atoms with van der Waals surface area (Å²) in [6, 6.07) is 24.7. The largest absolute Gasteiger partial charge is 0.457 e. The maximum absolute atomic E-state index is 12.2. The third-order valence-electron chi connectivity index (χ3n) is 4.03. The van der Waals surface area contributed by atoms with Crippen molar-refractivity contribution in [2.45, 2.75) is 6.92 Å². The Balaban J connectivity index is 1.59. The summed E-state index contributed by atoms with van der Waals surface area (Å²) in [5.74, 6) is 1.31. The van der Waals surface area contributed by atoms with Crippen molar-refractivity contribution in [1.82, 2.24) is 0 Å². The van der Waals surface area contributed by atoms with E-state index in [1.165, 1.54) is 0 Å². The zero-order valence-corrected chi connectivity index (χ0v) is 14.8. The Morgan fingerprint density at radius 2 is 1.67 bits per heavy atom. The zero-order valence-electron chi connectivity index (χ0n) is 14.8. The first kappa shape index (κ1) is 16.8. The van der Waals surface area contributed by atoms with Gasteiger partial charge in [0.15, 0.2) is 5.70 Å². The van der Waals surface area contributed by atoms with Crippen molar-refractivity contribution < 1.29 is 14.3 Å². The number of nitrogens with zero attached hydrogens (tertiary/aromatic N) is 1. The minimum Gasteiger partial charge on any atom is -0.457 e. The van der Waals surface area contributed by atoms with Crippen LogP contribution in [0.2, 0.25) is 0 Å². The quantitative estimate of drug-likeness (QED) is 0.481. The lowest BCUT2D eigenvalue weighted by Gasteiger charge is -2.05. The van der Waals surface area contributed by atoms with E-state index in [9.17, 15) is 4.79 Å². The molecule has 0 spiro atoms. The van der Waals surface area contributed by atoms with Crippen LogP contribution in [-0.4, -0.2) is 11.9 Å². The van der Waals surface area contributed by atoms with Crippen molar-refractivity contribution >= 4 is 17.9 Å². The summed E-state index contributed by atoms with van der Waals surface area (Å²) in [6.45, 7) is 1.98. The second kappa shape index (κ2) is 7.30. The molecule has 0 N–H and O–H groups in total. The summed E-state index contributed by atoms with van der Waals surface area (Å²) in [6.07, 6.45) is 1.70. The van der Waals surface area contributed by atoms with Gasteiger partial charge in [0.25, 0.3) is 0 Å². The number of rotatable bonds is 4. The number of carbonyl (C=O) groups is 1. The van der Waals surface area contributed by atoms with Gasteiger partial charge < -0.3 is 9.47 Å². The van der Waals surface area contributed by atoms with Crippen LogP contribution in [0.25, 0.3) is 6.08 Å². The van der Waals surface area contributed by atoms with E-state index < -0.39 is 5.97 Å². The van der Waals surface area contributed by atoms with Crippen LogP contribution in [-0.2, 0) is 9.53 Å². The smallest absolute Gasteiger partial charge is 0.363 e. The molecular formula is C23H17NO3. The van der Waals surface area contributed by atoms with Gasteiger partial charge in [-0.05, 0) is 55.0 Å². The Morgan fingerprint density at radius 1 is 0.889 bits per heavy atom. The highest BCUT2D eigenvalue weighted by molar-refractivity contribution is 6.12. The maximum atomic E-state index is 12.2. The van der Waals surface area contributed by atoms with Crippen molar-refractivity contribution in [2.24, 2.45) is 4.99 Å². The molecule has 3 aromatic rings. The van der Waals surface area contributed by atoms with Gasteiger partial charge in [-0.25, -0.2) is 9.79 Å². The number of aliphatic imine (C=N–C) groups is 1. The standard InChI is InChI=1S/C23H17NO3/c1-16-7-5-9-18(13-16)22-24-21(23(25)27-22)15-17-8-6-12-20(14-17)26-19-10-3-2-4-11-19/h2-15H,1H3/b21-15+. The fourth-order valence-corrected chi connectivity index (χ4v) is 2.76. The van der Waals surface area contributed by atoms with Gasteiger partial charge in [0.05, 0.1) is 0 Å². The summed E-state index contributed by atoms with van der Waals surface area (Å²) in [4.78, 5) is 16.5. The average Bonchev–Trinajstić information content (AvgIpc) is 3.03. The predicted octanol–water partition coefficient (Wildman–Crippen LogP) is 5.13. The van der Waals surface area contributed by atoms with Gasteiger partial charge in [0, 0.05) is 5.56 Å². The van der Waals surface area contributed by atoms with Gasteiger partial charge in [0.1, 0.15) is 11.5 Å². The number of carbonyl (C=O) groups excluding carboxylic acids is 1. The van der Waals surface area contributed by atoms with E-state index in [2.05, 4.69) is 4.99 Å². The van der Waals surface area contributed by atoms with E-state index in [0.717, 1.165) is 22.4 Å². The minimum absolute atomic E-state index is 0.267. The maximum Gasteiger partial charge on any atom is 0.363 e. The lowest BCUT2D eigenvalue weighted by Crippen LogP contribution is -2.05.